The Bertz CT molecular complexity index is 1610. The predicted molar refractivity (Wildman–Crippen MR) is 174 cm³/mol. The van der Waals surface area contributed by atoms with E-state index >= 15 is 8.78 Å². The van der Waals surface area contributed by atoms with Crippen LogP contribution in [0.15, 0.2) is 47.4 Å². The van der Waals surface area contributed by atoms with E-state index in [0.717, 1.165) is 33.9 Å². The Morgan fingerprint density at radius 1 is 1.00 bits per heavy atom. The molecule has 2 atom stereocenters. The molecule has 0 bridgehead atoms. The van der Waals surface area contributed by atoms with E-state index in [9.17, 15) is 18.8 Å². The molecule has 0 radical (unpaired) electrons. The molecule has 0 amide bonds. The van der Waals surface area contributed by atoms with E-state index in [1.807, 2.05) is 57.7 Å². The van der Waals surface area contributed by atoms with Crippen LogP contribution in [0.2, 0.25) is 0 Å². The monoisotopic (exact) mass is 638 g/mol. The molecule has 4 rings (SSSR count). The van der Waals surface area contributed by atoms with E-state index in [4.69, 9.17) is 4.74 Å². The molecule has 248 valence electrons. The number of hydrogen-bond acceptors (Lipinski definition) is 5. The molecule has 1 aromatic heterocycles. The van der Waals surface area contributed by atoms with Gasteiger partial charge in [0.15, 0.2) is 17.4 Å². The minimum Gasteiger partial charge on any atom is -0.466 e. The number of carbonyl (C=O) groups excluding carboxylic acids is 2. The average Bonchev–Trinajstić information content (AvgIpc) is 2.95. The lowest BCUT2D eigenvalue weighted by atomic mass is 9.84. The van der Waals surface area contributed by atoms with E-state index in [2.05, 4.69) is 0 Å². The van der Waals surface area contributed by atoms with Crippen LogP contribution in [0, 0.1) is 38.3 Å². The number of pyridine rings is 1. The zero-order valence-corrected chi connectivity index (χ0v) is 27.7. The number of alkyl halides is 1. The van der Waals surface area contributed by atoms with Gasteiger partial charge in [0.1, 0.15) is 6.17 Å². The fourth-order valence-electron chi connectivity index (χ4n) is 6.42. The van der Waals surface area contributed by atoms with Crippen LogP contribution in [0.1, 0.15) is 79.8 Å². The summed E-state index contributed by atoms with van der Waals surface area (Å²) in [5, 5.41) is 0. The summed E-state index contributed by atoms with van der Waals surface area (Å²) in [6, 6.07) is 8.93. The highest BCUT2D eigenvalue weighted by Crippen LogP contribution is 2.36. The Labute approximate surface area is 269 Å². The molecular weight excluding hydrogens is 593 g/mol. The SMILES string of the molecule is CCOC(=O)CC(CC(=O)C(CC(C)C)n1cc(CCN2CC(F)C2)c(C)cc1=O)c1cc(-c2c(C)cccc2C)cc(F)c1F. The molecule has 3 aromatic rings. The van der Waals surface area contributed by atoms with Crippen LogP contribution in [0.4, 0.5) is 13.2 Å². The molecule has 2 heterocycles. The lowest BCUT2D eigenvalue weighted by molar-refractivity contribution is -0.143. The van der Waals surface area contributed by atoms with Gasteiger partial charge >= 0.3 is 5.97 Å². The number of aryl methyl sites for hydroxylation is 3. The van der Waals surface area contributed by atoms with Gasteiger partial charge in [-0.25, -0.2) is 13.2 Å². The second-order valence-corrected chi connectivity index (χ2v) is 13.0. The minimum atomic E-state index is -1.12. The Hall–Kier alpha value is -3.72. The Kier molecular flexibility index (Phi) is 11.6. The Balaban J connectivity index is 1.73. The van der Waals surface area contributed by atoms with Gasteiger partial charge in [0.25, 0.3) is 5.56 Å². The Morgan fingerprint density at radius 2 is 1.67 bits per heavy atom. The van der Waals surface area contributed by atoms with Gasteiger partial charge in [-0.15, -0.1) is 0 Å². The standard InChI is InChI=1S/C37H45F3N2O4/c1-7-46-35(45)18-27(30-15-28(16-31(39)37(30)40)36-23(4)9-8-10-24(36)5)17-33(43)32(13-22(2)3)42-19-26(25(6)14-34(42)44)11-12-41-20-29(38)21-41/h8-10,14-16,19,22,27,29,32H,7,11-13,17-18,20-21H2,1-6H3. The molecule has 2 aromatic carbocycles. The molecule has 0 aliphatic carbocycles. The number of Topliss-reactive ketones (excluding diaryl/α,β-unsaturated/α-hetero) is 1. The highest BCUT2D eigenvalue weighted by atomic mass is 19.2. The van der Waals surface area contributed by atoms with Crippen molar-refractivity contribution in [1.82, 2.24) is 9.47 Å². The molecule has 0 spiro atoms. The van der Waals surface area contributed by atoms with Crippen molar-refractivity contribution in [2.45, 2.75) is 85.4 Å². The molecule has 46 heavy (non-hydrogen) atoms. The summed E-state index contributed by atoms with van der Waals surface area (Å²) in [4.78, 5) is 42.3. The maximum atomic E-state index is 15.6. The number of ether oxygens (including phenoxy) is 1. The topological polar surface area (TPSA) is 68.6 Å². The number of likely N-dealkylation sites (tertiary alicyclic amines) is 1. The molecule has 0 saturated carbocycles. The van der Waals surface area contributed by atoms with E-state index in [0.29, 0.717) is 38.0 Å². The normalized spacial score (nSPS) is 15.1. The summed E-state index contributed by atoms with van der Waals surface area (Å²) in [5.74, 6) is -4.18. The maximum absolute atomic E-state index is 15.6. The van der Waals surface area contributed by atoms with Crippen molar-refractivity contribution in [2.24, 2.45) is 5.92 Å². The van der Waals surface area contributed by atoms with E-state index in [1.54, 1.807) is 13.1 Å². The van der Waals surface area contributed by atoms with Gasteiger partial charge in [-0.05, 0) is 97.5 Å². The summed E-state index contributed by atoms with van der Waals surface area (Å²) in [7, 11) is 0. The largest absolute Gasteiger partial charge is 0.466 e. The van der Waals surface area contributed by atoms with Crippen molar-refractivity contribution in [3.8, 4) is 11.1 Å². The molecule has 2 unspecified atom stereocenters. The molecule has 0 N–H and O–H groups in total. The molecule has 1 fully saturated rings. The first-order valence-electron chi connectivity index (χ1n) is 16.1. The van der Waals surface area contributed by atoms with E-state index < -0.39 is 35.7 Å². The van der Waals surface area contributed by atoms with Crippen molar-refractivity contribution in [3.63, 3.8) is 0 Å². The second-order valence-electron chi connectivity index (χ2n) is 13.0. The van der Waals surface area contributed by atoms with Gasteiger partial charge in [0, 0.05) is 44.2 Å². The number of aromatic nitrogens is 1. The summed E-state index contributed by atoms with van der Waals surface area (Å²) < 4.78 is 50.8. The second kappa shape index (κ2) is 15.2. The molecule has 1 aliphatic rings. The van der Waals surface area contributed by atoms with Crippen molar-refractivity contribution in [3.05, 3.63) is 92.4 Å². The van der Waals surface area contributed by atoms with Crippen LogP contribution in [-0.4, -0.2) is 53.6 Å². The van der Waals surface area contributed by atoms with Crippen molar-refractivity contribution in [2.75, 3.05) is 26.2 Å². The van der Waals surface area contributed by atoms with E-state index in [1.165, 1.54) is 16.7 Å². The Morgan fingerprint density at radius 3 is 2.28 bits per heavy atom. The van der Waals surface area contributed by atoms with Crippen molar-refractivity contribution in [1.29, 1.82) is 0 Å². The molecule has 6 nitrogen and oxygen atoms in total. The van der Waals surface area contributed by atoms with Gasteiger partial charge in [-0.2, -0.15) is 0 Å². The molecule has 1 aliphatic heterocycles. The number of rotatable bonds is 14. The number of carbonyl (C=O) groups is 2. The number of nitrogens with zero attached hydrogens (tertiary/aromatic N) is 2. The lowest BCUT2D eigenvalue weighted by Gasteiger charge is -2.34. The zero-order chi connectivity index (χ0) is 33.7. The first kappa shape index (κ1) is 35.1. The summed E-state index contributed by atoms with van der Waals surface area (Å²) >= 11 is 0. The third-order valence-corrected chi connectivity index (χ3v) is 8.84. The first-order valence-corrected chi connectivity index (χ1v) is 16.1. The van der Waals surface area contributed by atoms with E-state index in [-0.39, 0.29) is 42.3 Å². The molecule has 1 saturated heterocycles. The van der Waals surface area contributed by atoms with Crippen LogP contribution in [0.25, 0.3) is 11.1 Å². The maximum Gasteiger partial charge on any atom is 0.306 e. The number of benzene rings is 2. The molecular formula is C37H45F3N2O4. The summed E-state index contributed by atoms with van der Waals surface area (Å²) in [6.45, 7) is 12.6. The van der Waals surface area contributed by atoms with Gasteiger partial charge in [0.2, 0.25) is 0 Å². The quantitative estimate of drug-likeness (QED) is 0.175. The van der Waals surface area contributed by atoms with Crippen molar-refractivity contribution < 1.29 is 27.5 Å². The smallest absolute Gasteiger partial charge is 0.306 e. The fraction of sp³-hybridized carbons (Fsp3) is 0.486. The highest BCUT2D eigenvalue weighted by Gasteiger charge is 2.31. The first-order chi connectivity index (χ1) is 21.8. The van der Waals surface area contributed by atoms with Gasteiger partial charge in [-0.1, -0.05) is 32.0 Å². The van der Waals surface area contributed by atoms with Gasteiger partial charge in [-0.3, -0.25) is 19.3 Å². The average molecular weight is 639 g/mol. The third kappa shape index (κ3) is 8.35. The predicted octanol–water partition coefficient (Wildman–Crippen LogP) is 7.20. The van der Waals surface area contributed by atoms with Gasteiger partial charge < -0.3 is 9.30 Å². The van der Waals surface area contributed by atoms with Crippen molar-refractivity contribution >= 4 is 11.8 Å². The van der Waals surface area contributed by atoms with Gasteiger partial charge in [0.05, 0.1) is 19.1 Å². The highest BCUT2D eigenvalue weighted by molar-refractivity contribution is 5.84. The van der Waals surface area contributed by atoms with Crippen LogP contribution >= 0.6 is 0 Å². The number of esters is 1. The number of hydrogen-bond donors (Lipinski definition) is 0. The summed E-state index contributed by atoms with van der Waals surface area (Å²) in [6.07, 6.45) is 1.18. The molecule has 9 heteroatoms. The third-order valence-electron chi connectivity index (χ3n) is 8.84. The number of ketones is 1. The van der Waals surface area contributed by atoms with Crippen LogP contribution in [-0.2, 0) is 20.7 Å². The lowest BCUT2D eigenvalue weighted by Crippen LogP contribution is -2.49. The summed E-state index contributed by atoms with van der Waals surface area (Å²) in [5.41, 5.74) is 4.19. The zero-order valence-electron chi connectivity index (χ0n) is 27.7. The minimum absolute atomic E-state index is 0.0261. The van der Waals surface area contributed by atoms with Crippen LogP contribution in [0.3, 0.4) is 0 Å². The fourth-order valence-corrected chi connectivity index (χ4v) is 6.42. The van der Waals surface area contributed by atoms with Crippen LogP contribution in [0.5, 0.6) is 0 Å². The van der Waals surface area contributed by atoms with Crippen LogP contribution < -0.4 is 5.56 Å². The number of halogens is 3.